The standard InChI is InChI=1S/C15H25N3O3/c1-15(2,3)21-14(20)18-7-5-11(6-8-18)13(19)12(9-16)10-17-4/h9-11,16-17H,5-8H2,1-4H3/p+1/b12-10+,16-9?. The van der Waals surface area contributed by atoms with Gasteiger partial charge >= 0.3 is 6.09 Å². The molecule has 1 heterocycles. The highest BCUT2D eigenvalue weighted by Gasteiger charge is 2.30. The number of rotatable bonds is 4. The number of nitrogens with zero attached hydrogens (tertiary/aromatic N) is 1. The summed E-state index contributed by atoms with van der Waals surface area (Å²) in [5, 5.41) is 9.06. The number of ether oxygens (including phenoxy) is 1. The van der Waals surface area contributed by atoms with Crippen molar-refractivity contribution in [3.8, 4) is 0 Å². The van der Waals surface area contributed by atoms with Gasteiger partial charge in [0, 0.05) is 25.2 Å². The van der Waals surface area contributed by atoms with Gasteiger partial charge in [-0.2, -0.15) is 0 Å². The van der Waals surface area contributed by atoms with Crippen molar-refractivity contribution in [3.63, 3.8) is 0 Å². The molecule has 0 aromatic heterocycles. The van der Waals surface area contributed by atoms with Gasteiger partial charge < -0.3 is 20.4 Å². The maximum absolute atomic E-state index is 12.3. The number of nitrogens with one attached hydrogen (secondary N) is 1. The maximum Gasteiger partial charge on any atom is 0.410 e. The van der Waals surface area contributed by atoms with E-state index in [4.69, 9.17) is 10.1 Å². The van der Waals surface area contributed by atoms with E-state index in [0.29, 0.717) is 31.5 Å². The molecular formula is C15H26N3O3+. The predicted octanol–water partition coefficient (Wildman–Crippen LogP) is 0.929. The molecule has 1 rings (SSSR count). The Bertz CT molecular complexity index is 430. The van der Waals surface area contributed by atoms with Crippen LogP contribution in [-0.4, -0.2) is 48.7 Å². The lowest BCUT2D eigenvalue weighted by molar-refractivity contribution is -0.556. The fourth-order valence-electron chi connectivity index (χ4n) is 2.27. The molecule has 3 N–H and O–H groups in total. The van der Waals surface area contributed by atoms with E-state index in [2.05, 4.69) is 0 Å². The number of amides is 1. The third kappa shape index (κ3) is 5.30. The van der Waals surface area contributed by atoms with Gasteiger partial charge in [0.2, 0.25) is 0 Å². The topological polar surface area (TPSA) is 87.1 Å². The molecule has 21 heavy (non-hydrogen) atoms. The molecular weight excluding hydrogens is 270 g/mol. The number of hydrogen-bond acceptors (Lipinski definition) is 4. The molecule has 118 valence electrons. The van der Waals surface area contributed by atoms with Crippen molar-refractivity contribution >= 4 is 18.1 Å². The summed E-state index contributed by atoms with van der Waals surface area (Å²) >= 11 is 0. The summed E-state index contributed by atoms with van der Waals surface area (Å²) in [4.78, 5) is 25.8. The first-order valence-corrected chi connectivity index (χ1v) is 7.30. The summed E-state index contributed by atoms with van der Waals surface area (Å²) in [6, 6.07) is 0. The van der Waals surface area contributed by atoms with Gasteiger partial charge in [-0.25, -0.2) is 4.79 Å². The van der Waals surface area contributed by atoms with Crippen LogP contribution in [0.4, 0.5) is 4.79 Å². The van der Waals surface area contributed by atoms with Gasteiger partial charge in [0.15, 0.2) is 5.78 Å². The fraction of sp³-hybridized carbons (Fsp3) is 0.667. The second-order valence-corrected chi connectivity index (χ2v) is 6.21. The van der Waals surface area contributed by atoms with Gasteiger partial charge in [0.05, 0.1) is 12.6 Å². The molecule has 0 unspecified atom stereocenters. The van der Waals surface area contributed by atoms with Crippen molar-refractivity contribution < 1.29 is 19.6 Å². The Balaban J connectivity index is 2.56. The third-order valence-electron chi connectivity index (χ3n) is 3.30. The monoisotopic (exact) mass is 296 g/mol. The molecule has 1 saturated heterocycles. The van der Waals surface area contributed by atoms with E-state index in [1.165, 1.54) is 0 Å². The number of quaternary nitrogens is 1. The zero-order valence-corrected chi connectivity index (χ0v) is 13.3. The van der Waals surface area contributed by atoms with E-state index in [9.17, 15) is 9.59 Å². The van der Waals surface area contributed by atoms with Gasteiger partial charge in [0.25, 0.3) is 0 Å². The molecule has 6 nitrogen and oxygen atoms in total. The minimum Gasteiger partial charge on any atom is -0.444 e. The minimum absolute atomic E-state index is 0.00746. The first-order chi connectivity index (χ1) is 9.78. The van der Waals surface area contributed by atoms with Crippen LogP contribution in [0.1, 0.15) is 33.6 Å². The third-order valence-corrected chi connectivity index (χ3v) is 3.30. The summed E-state index contributed by atoms with van der Waals surface area (Å²) in [5.41, 5.74) is -0.0789. The highest BCUT2D eigenvalue weighted by Crippen LogP contribution is 2.22. The molecule has 0 aromatic rings. The summed E-state index contributed by atoms with van der Waals surface area (Å²) in [6.45, 7) is 6.55. The lowest BCUT2D eigenvalue weighted by atomic mass is 9.89. The maximum atomic E-state index is 12.3. The van der Waals surface area contributed by atoms with E-state index in [0.717, 1.165) is 6.21 Å². The fourth-order valence-corrected chi connectivity index (χ4v) is 2.27. The van der Waals surface area contributed by atoms with E-state index < -0.39 is 5.60 Å². The highest BCUT2D eigenvalue weighted by molar-refractivity contribution is 6.13. The second-order valence-electron chi connectivity index (χ2n) is 6.21. The average Bonchev–Trinajstić information content (AvgIpc) is 2.42. The Morgan fingerprint density at radius 1 is 1.29 bits per heavy atom. The smallest absolute Gasteiger partial charge is 0.410 e. The molecule has 0 aromatic carbocycles. The lowest BCUT2D eigenvalue weighted by Crippen LogP contribution is -2.73. The van der Waals surface area contributed by atoms with Gasteiger partial charge in [-0.05, 0) is 33.6 Å². The van der Waals surface area contributed by atoms with Crippen LogP contribution in [0.3, 0.4) is 0 Å². The Labute approximate surface area is 126 Å². The van der Waals surface area contributed by atoms with Crippen molar-refractivity contribution in [2.75, 3.05) is 20.1 Å². The summed E-state index contributed by atoms with van der Waals surface area (Å²) in [6.07, 6.45) is 3.68. The van der Waals surface area contributed by atoms with Crippen LogP contribution in [0.5, 0.6) is 0 Å². The molecule has 1 fully saturated rings. The molecule has 1 amide bonds. The summed E-state index contributed by atoms with van der Waals surface area (Å²) in [7, 11) is 1.82. The largest absolute Gasteiger partial charge is 0.444 e. The molecule has 6 heteroatoms. The lowest BCUT2D eigenvalue weighted by Gasteiger charge is -2.32. The van der Waals surface area contributed by atoms with Gasteiger partial charge in [0.1, 0.15) is 11.8 Å². The predicted molar refractivity (Wildman–Crippen MR) is 80.3 cm³/mol. The molecule has 0 bridgehead atoms. The number of nitrogens with two attached hydrogens (primary N) is 1. The van der Waals surface area contributed by atoms with Crippen LogP contribution in [0.15, 0.2) is 11.8 Å². The van der Waals surface area contributed by atoms with E-state index in [1.54, 1.807) is 16.4 Å². The molecule has 0 saturated carbocycles. The molecule has 0 radical (unpaired) electrons. The highest BCUT2D eigenvalue weighted by atomic mass is 16.6. The first-order valence-electron chi connectivity index (χ1n) is 7.30. The Morgan fingerprint density at radius 3 is 2.29 bits per heavy atom. The molecule has 1 aliphatic heterocycles. The van der Waals surface area contributed by atoms with Crippen LogP contribution >= 0.6 is 0 Å². The van der Waals surface area contributed by atoms with Gasteiger partial charge in [-0.1, -0.05) is 0 Å². The van der Waals surface area contributed by atoms with Crippen LogP contribution in [0.25, 0.3) is 0 Å². The number of carbonyl (C=O) groups is 2. The number of hydrogen-bond donors (Lipinski definition) is 2. The number of Topliss-reactive ketones (excluding diaryl/α,β-unsaturated/α-hetero) is 1. The number of allylic oxidation sites excluding steroid dienone is 1. The van der Waals surface area contributed by atoms with Crippen molar-refractivity contribution in [2.24, 2.45) is 5.92 Å². The van der Waals surface area contributed by atoms with Gasteiger partial charge in [-0.15, -0.1) is 0 Å². The van der Waals surface area contributed by atoms with E-state index in [-0.39, 0.29) is 17.8 Å². The number of piperidine rings is 1. The van der Waals surface area contributed by atoms with Gasteiger partial charge in [-0.3, -0.25) is 4.79 Å². The first kappa shape index (κ1) is 17.4. The normalized spacial score (nSPS) is 17.5. The zero-order chi connectivity index (χ0) is 16.0. The van der Waals surface area contributed by atoms with Crippen LogP contribution < -0.4 is 5.32 Å². The number of carbonyl (C=O) groups excluding carboxylic acids is 2. The Kier molecular flexibility index (Phi) is 6.08. The van der Waals surface area contributed by atoms with E-state index in [1.807, 2.05) is 27.8 Å². The quantitative estimate of drug-likeness (QED) is 0.597. The zero-order valence-electron chi connectivity index (χ0n) is 13.3. The van der Waals surface area contributed by atoms with E-state index >= 15 is 0 Å². The molecule has 0 spiro atoms. The van der Waals surface area contributed by atoms with Crippen LogP contribution in [0, 0.1) is 11.3 Å². The van der Waals surface area contributed by atoms with Crippen molar-refractivity contribution in [1.29, 1.82) is 5.41 Å². The summed E-state index contributed by atoms with van der Waals surface area (Å²) < 4.78 is 5.33. The Morgan fingerprint density at radius 2 is 1.86 bits per heavy atom. The summed E-state index contributed by atoms with van der Waals surface area (Å²) in [5.74, 6) is -0.122. The van der Waals surface area contributed by atoms with Crippen molar-refractivity contribution in [2.45, 2.75) is 39.2 Å². The molecule has 1 aliphatic rings. The average molecular weight is 296 g/mol. The molecule has 0 atom stereocenters. The van der Waals surface area contributed by atoms with Crippen LogP contribution in [-0.2, 0) is 9.53 Å². The Hall–Kier alpha value is -1.69. The number of ketones is 1. The minimum atomic E-state index is -0.503. The SMILES string of the molecule is C[NH2+]/C=C(\C=N)C(=O)C1CCN(C(=O)OC(C)(C)C)CC1. The number of likely N-dealkylation sites (tertiary alicyclic amines) is 1. The molecule has 0 aliphatic carbocycles. The van der Waals surface area contributed by atoms with Crippen LogP contribution in [0.2, 0.25) is 0 Å². The second kappa shape index (κ2) is 7.36. The van der Waals surface area contributed by atoms with Crippen molar-refractivity contribution in [3.05, 3.63) is 11.8 Å². The van der Waals surface area contributed by atoms with Crippen molar-refractivity contribution in [1.82, 2.24) is 4.90 Å².